The van der Waals surface area contributed by atoms with Crippen molar-refractivity contribution in [3.05, 3.63) is 89.2 Å². The van der Waals surface area contributed by atoms with E-state index in [0.717, 1.165) is 48.4 Å². The third-order valence-electron chi connectivity index (χ3n) is 5.74. The van der Waals surface area contributed by atoms with Crippen molar-refractivity contribution in [2.24, 2.45) is 0 Å². The second-order valence-electron chi connectivity index (χ2n) is 8.24. The lowest BCUT2D eigenvalue weighted by molar-refractivity contribution is -0.123. The number of nitrogens with one attached hydrogen (secondary N) is 1. The van der Waals surface area contributed by atoms with E-state index in [2.05, 4.69) is 35.0 Å². The topological polar surface area (TPSA) is 65.4 Å². The third kappa shape index (κ3) is 6.99. The highest BCUT2D eigenvalue weighted by atomic mass is 35.5. The maximum Gasteiger partial charge on any atom is 0.258 e. The van der Waals surface area contributed by atoms with Gasteiger partial charge >= 0.3 is 0 Å². The van der Waals surface area contributed by atoms with Gasteiger partial charge in [0, 0.05) is 11.6 Å². The summed E-state index contributed by atoms with van der Waals surface area (Å²) >= 11 is 5.88. The van der Waals surface area contributed by atoms with Crippen LogP contribution in [0.1, 0.15) is 31.2 Å². The number of unbranched alkanes of at least 4 members (excludes halogenated alkanes) is 1. The molecule has 0 spiro atoms. The molecule has 0 fully saturated rings. The molecular weight excluding hydrogens is 462 g/mol. The highest BCUT2D eigenvalue weighted by Gasteiger charge is 2.12. The van der Waals surface area contributed by atoms with Crippen LogP contribution in [-0.2, 0) is 24.3 Å². The number of fused-ring (bicyclic) bond motifs is 1. The summed E-state index contributed by atoms with van der Waals surface area (Å²) in [6.45, 7) is 3.86. The van der Waals surface area contributed by atoms with Gasteiger partial charge in [-0.15, -0.1) is 0 Å². The maximum atomic E-state index is 12.3. The maximum absolute atomic E-state index is 12.3. The molecule has 0 unspecified atom stereocenters. The van der Waals surface area contributed by atoms with Crippen molar-refractivity contribution in [3.8, 4) is 11.5 Å². The predicted molar refractivity (Wildman–Crippen MR) is 139 cm³/mol. The molecule has 0 saturated carbocycles. The molecule has 0 aliphatic rings. The third-order valence-corrected chi connectivity index (χ3v) is 5.99. The van der Waals surface area contributed by atoms with Crippen LogP contribution < -0.4 is 14.8 Å². The number of imidazole rings is 1. The van der Waals surface area contributed by atoms with Gasteiger partial charge in [-0.2, -0.15) is 0 Å². The second-order valence-corrected chi connectivity index (χ2v) is 8.68. The van der Waals surface area contributed by atoms with Gasteiger partial charge in [-0.05, 0) is 73.4 Å². The van der Waals surface area contributed by atoms with Crippen LogP contribution in [0.25, 0.3) is 11.0 Å². The zero-order valence-corrected chi connectivity index (χ0v) is 20.6. The number of rotatable bonds is 12. The van der Waals surface area contributed by atoms with Crippen LogP contribution in [0.5, 0.6) is 11.5 Å². The van der Waals surface area contributed by atoms with Gasteiger partial charge in [-0.3, -0.25) is 4.79 Å². The summed E-state index contributed by atoms with van der Waals surface area (Å²) in [5.74, 6) is 2.11. The Morgan fingerprint density at radius 1 is 0.943 bits per heavy atom. The largest absolute Gasteiger partial charge is 0.494 e. The fourth-order valence-corrected chi connectivity index (χ4v) is 3.93. The van der Waals surface area contributed by atoms with Crippen molar-refractivity contribution >= 4 is 28.5 Å². The fraction of sp³-hybridized carbons (Fsp3) is 0.286. The van der Waals surface area contributed by atoms with E-state index < -0.39 is 0 Å². The average Bonchev–Trinajstić information content (AvgIpc) is 3.24. The highest BCUT2D eigenvalue weighted by Crippen LogP contribution is 2.18. The van der Waals surface area contributed by atoms with Gasteiger partial charge < -0.3 is 19.4 Å². The first-order chi connectivity index (χ1) is 17.1. The first kappa shape index (κ1) is 24.6. The van der Waals surface area contributed by atoms with E-state index in [1.165, 1.54) is 5.56 Å². The molecule has 3 aromatic carbocycles. The lowest BCUT2D eigenvalue weighted by atomic mass is 10.2. The quantitative estimate of drug-likeness (QED) is 0.254. The van der Waals surface area contributed by atoms with Crippen molar-refractivity contribution in [2.45, 2.75) is 39.3 Å². The summed E-state index contributed by atoms with van der Waals surface area (Å²) in [6, 6.07) is 23.2. The zero-order valence-electron chi connectivity index (χ0n) is 19.9. The minimum Gasteiger partial charge on any atom is -0.494 e. The van der Waals surface area contributed by atoms with Gasteiger partial charge in [-0.25, -0.2) is 4.98 Å². The average molecular weight is 492 g/mol. The molecule has 0 atom stereocenters. The Hall–Kier alpha value is -3.51. The summed E-state index contributed by atoms with van der Waals surface area (Å²) in [5, 5.41) is 3.54. The summed E-state index contributed by atoms with van der Waals surface area (Å²) in [5.41, 5.74) is 3.28. The standard InChI is InChI=1S/C28H30ClN3O3/c1-2-21-9-13-23(14-10-21)34-18-6-5-17-32-26-8-4-3-7-25(26)31-27(32)19-30-28(33)20-35-24-15-11-22(29)12-16-24/h3-4,7-16H,2,5-6,17-20H2,1H3,(H,30,33). The van der Waals surface area contributed by atoms with Gasteiger partial charge in [0.2, 0.25) is 0 Å². The molecule has 7 heteroatoms. The minimum absolute atomic E-state index is 0.0710. The van der Waals surface area contributed by atoms with Crippen molar-refractivity contribution in [2.75, 3.05) is 13.2 Å². The van der Waals surface area contributed by atoms with E-state index in [4.69, 9.17) is 26.1 Å². The summed E-state index contributed by atoms with van der Waals surface area (Å²) in [7, 11) is 0. The van der Waals surface area contributed by atoms with Crippen molar-refractivity contribution in [1.82, 2.24) is 14.9 Å². The number of ether oxygens (including phenoxy) is 2. The highest BCUT2D eigenvalue weighted by molar-refractivity contribution is 6.30. The first-order valence-electron chi connectivity index (χ1n) is 11.9. The van der Waals surface area contributed by atoms with Crippen molar-refractivity contribution < 1.29 is 14.3 Å². The van der Waals surface area contributed by atoms with Crippen molar-refractivity contribution in [3.63, 3.8) is 0 Å². The molecule has 1 heterocycles. The summed E-state index contributed by atoms with van der Waals surface area (Å²) in [6.07, 6.45) is 2.88. The van der Waals surface area contributed by atoms with E-state index in [9.17, 15) is 4.79 Å². The number of amides is 1. The molecule has 1 amide bonds. The fourth-order valence-electron chi connectivity index (χ4n) is 3.80. The molecule has 4 aromatic rings. The van der Waals surface area contributed by atoms with E-state index in [1.807, 2.05) is 30.3 Å². The molecule has 1 N–H and O–H groups in total. The lowest BCUT2D eigenvalue weighted by Gasteiger charge is -2.11. The summed E-state index contributed by atoms with van der Waals surface area (Å²) in [4.78, 5) is 17.1. The SMILES string of the molecule is CCc1ccc(OCCCCn2c(CNC(=O)COc3ccc(Cl)cc3)nc3ccccc32)cc1. The van der Waals surface area contributed by atoms with Gasteiger partial charge in [0.25, 0.3) is 5.91 Å². The van der Waals surface area contributed by atoms with Crippen LogP contribution in [0, 0.1) is 0 Å². The Bertz CT molecular complexity index is 1240. The predicted octanol–water partition coefficient (Wildman–Crippen LogP) is 5.81. The minimum atomic E-state index is -0.207. The van der Waals surface area contributed by atoms with Crippen LogP contribution in [0.2, 0.25) is 5.02 Å². The molecule has 182 valence electrons. The van der Waals surface area contributed by atoms with Crippen LogP contribution in [0.3, 0.4) is 0 Å². The first-order valence-corrected chi connectivity index (χ1v) is 12.3. The van der Waals surface area contributed by atoms with Crippen LogP contribution in [0.15, 0.2) is 72.8 Å². The molecule has 0 radical (unpaired) electrons. The number of aromatic nitrogens is 2. The number of hydrogen-bond acceptors (Lipinski definition) is 4. The number of hydrogen-bond donors (Lipinski definition) is 1. The van der Waals surface area contributed by atoms with E-state index in [0.29, 0.717) is 23.9 Å². The number of aryl methyl sites for hydroxylation is 2. The molecular formula is C28H30ClN3O3. The Labute approximate surface area is 210 Å². The molecule has 0 aliphatic heterocycles. The monoisotopic (exact) mass is 491 g/mol. The molecule has 1 aromatic heterocycles. The molecule has 0 aliphatic carbocycles. The number of carbonyl (C=O) groups is 1. The zero-order chi connectivity index (χ0) is 24.5. The second kappa shape index (κ2) is 12.3. The summed E-state index contributed by atoms with van der Waals surface area (Å²) < 4.78 is 13.6. The smallest absolute Gasteiger partial charge is 0.258 e. The van der Waals surface area contributed by atoms with Gasteiger partial charge in [0.1, 0.15) is 17.3 Å². The van der Waals surface area contributed by atoms with Crippen LogP contribution in [0.4, 0.5) is 0 Å². The molecule has 4 rings (SSSR count). The number of para-hydroxylation sites is 2. The van der Waals surface area contributed by atoms with E-state index >= 15 is 0 Å². The van der Waals surface area contributed by atoms with Gasteiger partial charge in [0.05, 0.1) is 24.2 Å². The molecule has 6 nitrogen and oxygen atoms in total. The van der Waals surface area contributed by atoms with E-state index in [1.54, 1.807) is 24.3 Å². The Morgan fingerprint density at radius 2 is 1.66 bits per heavy atom. The lowest BCUT2D eigenvalue weighted by Crippen LogP contribution is -2.29. The van der Waals surface area contributed by atoms with Crippen molar-refractivity contribution in [1.29, 1.82) is 0 Å². The van der Waals surface area contributed by atoms with Gasteiger partial charge in [-0.1, -0.05) is 42.8 Å². The number of carbonyl (C=O) groups excluding carboxylic acids is 1. The van der Waals surface area contributed by atoms with Crippen LogP contribution >= 0.6 is 11.6 Å². The Kier molecular flexibility index (Phi) is 8.63. The van der Waals surface area contributed by atoms with Gasteiger partial charge in [0.15, 0.2) is 6.61 Å². The Balaban J connectivity index is 1.28. The van der Waals surface area contributed by atoms with Crippen LogP contribution in [-0.4, -0.2) is 28.7 Å². The Morgan fingerprint density at radius 3 is 2.43 bits per heavy atom. The van der Waals surface area contributed by atoms with E-state index in [-0.39, 0.29) is 12.5 Å². The number of halogens is 1. The molecule has 0 saturated heterocycles. The number of benzene rings is 3. The normalized spacial score (nSPS) is 10.9. The number of nitrogens with zero attached hydrogens (tertiary/aromatic N) is 2. The molecule has 0 bridgehead atoms. The molecule has 35 heavy (non-hydrogen) atoms.